The van der Waals surface area contributed by atoms with E-state index in [-0.39, 0.29) is 0 Å². The molecule has 0 aromatic heterocycles. The van der Waals surface area contributed by atoms with Crippen LogP contribution in [0.5, 0.6) is 0 Å². The van der Waals surface area contributed by atoms with Crippen molar-refractivity contribution in [2.75, 3.05) is 6.54 Å². The van der Waals surface area contributed by atoms with E-state index < -0.39 is 0 Å². The summed E-state index contributed by atoms with van der Waals surface area (Å²) in [4.78, 5) is 0. The topological polar surface area (TPSA) is 12.0 Å². The van der Waals surface area contributed by atoms with E-state index in [4.69, 9.17) is 0 Å². The average molecular weight is 205 g/mol. The van der Waals surface area contributed by atoms with Gasteiger partial charge in [0.15, 0.2) is 0 Å². The Balaban J connectivity index is 0.000000531. The monoisotopic (exact) mass is 205 g/mol. The summed E-state index contributed by atoms with van der Waals surface area (Å²) in [5, 5.41) is 3.58. The van der Waals surface area contributed by atoms with Crippen LogP contribution in [0.15, 0.2) is 24.3 Å². The van der Waals surface area contributed by atoms with Gasteiger partial charge in [-0.1, -0.05) is 44.5 Å². The van der Waals surface area contributed by atoms with E-state index in [1.807, 2.05) is 13.8 Å². The Labute approximate surface area is 93.9 Å². The van der Waals surface area contributed by atoms with E-state index in [0.717, 1.165) is 0 Å². The zero-order valence-corrected chi connectivity index (χ0v) is 10.2. The maximum Gasteiger partial charge on any atom is 0.0322 e. The number of hydrogen-bond acceptors (Lipinski definition) is 1. The lowest BCUT2D eigenvalue weighted by atomic mass is 9.94. The zero-order valence-electron chi connectivity index (χ0n) is 10.2. The summed E-state index contributed by atoms with van der Waals surface area (Å²) in [5.74, 6) is 0. The molecule has 2 rings (SSSR count). The molecule has 1 aliphatic heterocycles. The van der Waals surface area contributed by atoms with Gasteiger partial charge in [-0.05, 0) is 37.4 Å². The fourth-order valence-electron chi connectivity index (χ4n) is 2.10. The summed E-state index contributed by atoms with van der Waals surface area (Å²) in [6.45, 7) is 7.38. The van der Waals surface area contributed by atoms with Crippen molar-refractivity contribution < 1.29 is 0 Å². The lowest BCUT2D eigenvalue weighted by molar-refractivity contribution is 0.411. The van der Waals surface area contributed by atoms with Crippen LogP contribution in [0.1, 0.15) is 50.3 Å². The van der Waals surface area contributed by atoms with Gasteiger partial charge < -0.3 is 5.32 Å². The molecule has 0 spiro atoms. The van der Waals surface area contributed by atoms with E-state index in [1.54, 1.807) is 0 Å². The Kier molecular flexibility index (Phi) is 5.41. The predicted octanol–water partition coefficient (Wildman–Crippen LogP) is 3.84. The normalized spacial score (nSPS) is 20.3. The highest BCUT2D eigenvalue weighted by molar-refractivity contribution is 5.28. The zero-order chi connectivity index (χ0) is 11.1. The summed E-state index contributed by atoms with van der Waals surface area (Å²) in [6.07, 6.45) is 4.00. The highest BCUT2D eigenvalue weighted by Gasteiger charge is 2.15. The van der Waals surface area contributed by atoms with Gasteiger partial charge in [0.1, 0.15) is 0 Å². The highest BCUT2D eigenvalue weighted by Crippen LogP contribution is 2.24. The third-order valence-electron chi connectivity index (χ3n) is 2.87. The molecular formula is C14H23N. The predicted molar refractivity (Wildman–Crippen MR) is 67.1 cm³/mol. The maximum absolute atomic E-state index is 3.58. The van der Waals surface area contributed by atoms with Crippen molar-refractivity contribution in [3.8, 4) is 0 Å². The third-order valence-corrected chi connectivity index (χ3v) is 2.87. The van der Waals surface area contributed by atoms with Gasteiger partial charge in [0.25, 0.3) is 0 Å². The summed E-state index contributed by atoms with van der Waals surface area (Å²) in [6, 6.07) is 9.31. The first-order valence-corrected chi connectivity index (χ1v) is 6.17. The van der Waals surface area contributed by atoms with Crippen LogP contribution < -0.4 is 5.32 Å². The van der Waals surface area contributed by atoms with Crippen molar-refractivity contribution in [3.63, 3.8) is 0 Å². The van der Waals surface area contributed by atoms with E-state index in [1.165, 1.54) is 36.9 Å². The van der Waals surface area contributed by atoms with Crippen molar-refractivity contribution in [2.24, 2.45) is 0 Å². The molecule has 1 heterocycles. The van der Waals surface area contributed by atoms with Crippen molar-refractivity contribution >= 4 is 0 Å². The van der Waals surface area contributed by atoms with E-state index >= 15 is 0 Å². The summed E-state index contributed by atoms with van der Waals surface area (Å²) >= 11 is 0. The van der Waals surface area contributed by atoms with Gasteiger partial charge >= 0.3 is 0 Å². The number of nitrogens with one attached hydrogen (secondary N) is 1. The maximum atomic E-state index is 3.58. The van der Waals surface area contributed by atoms with Crippen LogP contribution in [0, 0.1) is 6.92 Å². The first-order valence-electron chi connectivity index (χ1n) is 6.17. The second-order valence-corrected chi connectivity index (χ2v) is 3.86. The fourth-order valence-corrected chi connectivity index (χ4v) is 2.10. The Morgan fingerprint density at radius 2 is 1.87 bits per heavy atom. The van der Waals surface area contributed by atoms with Crippen LogP contribution >= 0.6 is 0 Å². The lowest BCUT2D eigenvalue weighted by Crippen LogP contribution is -2.27. The minimum absolute atomic E-state index is 0.606. The summed E-state index contributed by atoms with van der Waals surface area (Å²) in [7, 11) is 0. The number of benzene rings is 1. The molecule has 1 unspecified atom stereocenters. The molecule has 0 bridgehead atoms. The van der Waals surface area contributed by atoms with Crippen LogP contribution in [0.3, 0.4) is 0 Å². The molecule has 1 aromatic carbocycles. The van der Waals surface area contributed by atoms with Crippen LogP contribution in [-0.2, 0) is 0 Å². The third kappa shape index (κ3) is 3.35. The molecule has 1 N–H and O–H groups in total. The molecule has 0 aliphatic carbocycles. The van der Waals surface area contributed by atoms with Crippen molar-refractivity contribution in [3.05, 3.63) is 35.4 Å². The van der Waals surface area contributed by atoms with Gasteiger partial charge in [-0.2, -0.15) is 0 Å². The number of aryl methyl sites for hydroxylation is 1. The van der Waals surface area contributed by atoms with Gasteiger partial charge in [0.2, 0.25) is 0 Å². The molecule has 1 heteroatoms. The molecule has 1 nitrogen and oxygen atoms in total. The molecule has 15 heavy (non-hydrogen) atoms. The quantitative estimate of drug-likeness (QED) is 0.734. The number of hydrogen-bond donors (Lipinski definition) is 1. The van der Waals surface area contributed by atoms with Gasteiger partial charge in [-0.15, -0.1) is 0 Å². The van der Waals surface area contributed by atoms with Crippen molar-refractivity contribution in [2.45, 2.75) is 46.1 Å². The van der Waals surface area contributed by atoms with Crippen LogP contribution in [-0.4, -0.2) is 6.54 Å². The van der Waals surface area contributed by atoms with Crippen molar-refractivity contribution in [1.82, 2.24) is 5.32 Å². The molecule has 84 valence electrons. The molecule has 1 aromatic rings. The SMILES string of the molecule is CC.Cc1ccccc1C1CCCCN1. The molecule has 0 radical (unpaired) electrons. The minimum atomic E-state index is 0.606. The summed E-state index contributed by atoms with van der Waals surface area (Å²) in [5.41, 5.74) is 2.91. The highest BCUT2D eigenvalue weighted by atomic mass is 14.9. The minimum Gasteiger partial charge on any atom is -0.310 e. The smallest absolute Gasteiger partial charge is 0.0322 e. The van der Waals surface area contributed by atoms with Crippen molar-refractivity contribution in [1.29, 1.82) is 0 Å². The van der Waals surface area contributed by atoms with Crippen LogP contribution in [0.2, 0.25) is 0 Å². The molecule has 0 saturated carbocycles. The Hall–Kier alpha value is -0.820. The van der Waals surface area contributed by atoms with E-state index in [2.05, 4.69) is 36.5 Å². The van der Waals surface area contributed by atoms with Gasteiger partial charge in [-0.25, -0.2) is 0 Å². The Morgan fingerprint density at radius 3 is 2.47 bits per heavy atom. The molecule has 1 saturated heterocycles. The molecule has 1 aliphatic rings. The molecule has 1 atom stereocenters. The summed E-state index contributed by atoms with van der Waals surface area (Å²) < 4.78 is 0. The second-order valence-electron chi connectivity index (χ2n) is 3.86. The van der Waals surface area contributed by atoms with E-state index in [9.17, 15) is 0 Å². The first kappa shape index (κ1) is 12.3. The van der Waals surface area contributed by atoms with Crippen LogP contribution in [0.4, 0.5) is 0 Å². The van der Waals surface area contributed by atoms with E-state index in [0.29, 0.717) is 6.04 Å². The number of rotatable bonds is 1. The standard InChI is InChI=1S/C12H17N.C2H6/c1-10-6-2-3-7-11(10)12-8-4-5-9-13-12;1-2/h2-3,6-7,12-13H,4-5,8-9H2,1H3;1-2H3. The second kappa shape index (κ2) is 6.62. The van der Waals surface area contributed by atoms with Gasteiger partial charge in [0.05, 0.1) is 0 Å². The largest absolute Gasteiger partial charge is 0.310 e. The van der Waals surface area contributed by atoms with Gasteiger partial charge in [-0.3, -0.25) is 0 Å². The molecular weight excluding hydrogens is 182 g/mol. The van der Waals surface area contributed by atoms with Crippen LogP contribution in [0.25, 0.3) is 0 Å². The first-order chi connectivity index (χ1) is 7.38. The Morgan fingerprint density at radius 1 is 1.13 bits per heavy atom. The molecule has 0 amide bonds. The lowest BCUT2D eigenvalue weighted by Gasteiger charge is -2.25. The average Bonchev–Trinajstić information content (AvgIpc) is 2.33. The Bertz CT molecular complexity index is 274. The van der Waals surface area contributed by atoms with Gasteiger partial charge in [0, 0.05) is 6.04 Å². The number of piperidine rings is 1. The fraction of sp³-hybridized carbons (Fsp3) is 0.571. The molecule has 1 fully saturated rings.